The Morgan fingerprint density at radius 3 is 2.38 bits per heavy atom. The van der Waals surface area contributed by atoms with Gasteiger partial charge in [0.1, 0.15) is 5.82 Å². The first-order chi connectivity index (χ1) is 15.5. The summed E-state index contributed by atoms with van der Waals surface area (Å²) in [7, 11) is 3.28. The summed E-state index contributed by atoms with van der Waals surface area (Å²) in [6.07, 6.45) is 1.69. The van der Waals surface area contributed by atoms with Gasteiger partial charge in [-0.2, -0.15) is 0 Å². The summed E-state index contributed by atoms with van der Waals surface area (Å²) in [5.74, 6) is 1.13. The van der Waals surface area contributed by atoms with Crippen LogP contribution >= 0.6 is 11.5 Å². The zero-order chi connectivity index (χ0) is 22.7. The van der Waals surface area contributed by atoms with E-state index in [-0.39, 0.29) is 22.9 Å². The van der Waals surface area contributed by atoms with Crippen LogP contribution in [0, 0.1) is 5.82 Å². The molecule has 0 spiro atoms. The molecule has 1 aliphatic heterocycles. The van der Waals surface area contributed by atoms with Gasteiger partial charge in [0.05, 0.1) is 20.8 Å². The number of hydrogen-bond acceptors (Lipinski definition) is 6. The quantitative estimate of drug-likeness (QED) is 0.518. The summed E-state index contributed by atoms with van der Waals surface area (Å²) in [6.45, 7) is 3.20. The molecule has 0 saturated heterocycles. The highest BCUT2D eigenvalue weighted by Gasteiger charge is 2.19. The second-order valence-electron chi connectivity index (χ2n) is 7.81. The molecule has 0 saturated carbocycles. The minimum absolute atomic E-state index is 0.148. The summed E-state index contributed by atoms with van der Waals surface area (Å²) in [4.78, 5) is 27.0. The molecule has 4 rings (SSSR count). The lowest BCUT2D eigenvalue weighted by molar-refractivity contribution is 0.245. The highest BCUT2D eigenvalue weighted by molar-refractivity contribution is 7.03. The number of halogens is 1. The van der Waals surface area contributed by atoms with E-state index in [1.807, 2.05) is 12.1 Å². The third kappa shape index (κ3) is 4.78. The molecule has 0 N–H and O–H groups in total. The lowest BCUT2D eigenvalue weighted by atomic mass is 9.98. The maximum atomic E-state index is 13.1. The third-order valence-corrected chi connectivity index (χ3v) is 6.68. The van der Waals surface area contributed by atoms with Gasteiger partial charge in [0.2, 0.25) is 0 Å². The molecule has 0 unspecified atom stereocenters. The molecular weight excluding hydrogens is 433 g/mol. The fourth-order valence-electron chi connectivity index (χ4n) is 4.01. The van der Waals surface area contributed by atoms with Crippen LogP contribution in [0.5, 0.6) is 11.5 Å². The second-order valence-corrected chi connectivity index (χ2v) is 8.78. The van der Waals surface area contributed by atoms with Gasteiger partial charge >= 0.3 is 10.6 Å². The molecule has 1 aliphatic rings. The van der Waals surface area contributed by atoms with Gasteiger partial charge < -0.3 is 9.47 Å². The molecule has 3 aromatic rings. The first-order valence-electron chi connectivity index (χ1n) is 10.5. The Morgan fingerprint density at radius 1 is 1.00 bits per heavy atom. The predicted molar refractivity (Wildman–Crippen MR) is 121 cm³/mol. The molecule has 170 valence electrons. The minimum atomic E-state index is -0.346. The van der Waals surface area contributed by atoms with Crippen LogP contribution in [-0.4, -0.2) is 40.7 Å². The van der Waals surface area contributed by atoms with E-state index in [0.29, 0.717) is 6.54 Å². The van der Waals surface area contributed by atoms with Crippen molar-refractivity contribution in [2.75, 3.05) is 27.3 Å². The smallest absolute Gasteiger partial charge is 0.341 e. The Hall–Kier alpha value is -2.91. The molecule has 7 nitrogen and oxygen atoms in total. The van der Waals surface area contributed by atoms with Crippen molar-refractivity contribution in [1.29, 1.82) is 0 Å². The van der Waals surface area contributed by atoms with E-state index in [1.54, 1.807) is 26.4 Å². The Balaban J connectivity index is 1.37. The first kappa shape index (κ1) is 22.3. The van der Waals surface area contributed by atoms with Crippen molar-refractivity contribution < 1.29 is 13.9 Å². The maximum absolute atomic E-state index is 13.1. The molecule has 2 aromatic carbocycles. The summed E-state index contributed by atoms with van der Waals surface area (Å²) in [5, 5.41) is 0. The molecule has 2 heterocycles. The molecule has 0 radical (unpaired) electrons. The Kier molecular flexibility index (Phi) is 6.76. The Morgan fingerprint density at radius 2 is 1.69 bits per heavy atom. The van der Waals surface area contributed by atoms with Crippen molar-refractivity contribution in [2.45, 2.75) is 32.5 Å². The van der Waals surface area contributed by atoms with E-state index in [9.17, 15) is 14.0 Å². The molecule has 0 amide bonds. The standard InChI is InChI=1S/C23H26FN3O4S/c1-30-20-12-17-8-11-25(15-18(17)13-21(20)31-2)9-3-10-27-22(28)26(23(29)32-27)14-16-4-6-19(24)7-5-16/h4-7,12-13H,3,8-11,14-15H2,1-2H3. The fourth-order valence-corrected chi connectivity index (χ4v) is 4.84. The van der Waals surface area contributed by atoms with Crippen LogP contribution in [0.4, 0.5) is 4.39 Å². The van der Waals surface area contributed by atoms with Crippen LogP contribution in [0.25, 0.3) is 0 Å². The van der Waals surface area contributed by atoms with Gasteiger partial charge in [0.15, 0.2) is 11.5 Å². The zero-order valence-corrected chi connectivity index (χ0v) is 19.0. The number of ether oxygens (including phenoxy) is 2. The largest absolute Gasteiger partial charge is 0.493 e. The van der Waals surface area contributed by atoms with Gasteiger partial charge in [-0.1, -0.05) is 12.1 Å². The van der Waals surface area contributed by atoms with Crippen LogP contribution in [-0.2, 0) is 26.1 Å². The van der Waals surface area contributed by atoms with Crippen LogP contribution in [0.1, 0.15) is 23.1 Å². The SMILES string of the molecule is COc1cc2c(cc1OC)CN(CCCn1sc(=O)n(Cc3ccc(F)cc3)c1=O)CC2. The van der Waals surface area contributed by atoms with E-state index in [1.165, 1.54) is 31.8 Å². The topological polar surface area (TPSA) is 65.7 Å². The van der Waals surface area contributed by atoms with Crippen molar-refractivity contribution in [2.24, 2.45) is 0 Å². The van der Waals surface area contributed by atoms with E-state index >= 15 is 0 Å². The van der Waals surface area contributed by atoms with Crippen molar-refractivity contribution in [3.8, 4) is 11.5 Å². The number of fused-ring (bicyclic) bond motifs is 1. The number of nitrogens with zero attached hydrogens (tertiary/aromatic N) is 3. The summed E-state index contributed by atoms with van der Waals surface area (Å²) < 4.78 is 26.6. The van der Waals surface area contributed by atoms with Gasteiger partial charge in [0.25, 0.3) is 0 Å². The third-order valence-electron chi connectivity index (χ3n) is 5.74. The molecule has 1 aromatic heterocycles. The van der Waals surface area contributed by atoms with E-state index < -0.39 is 0 Å². The monoisotopic (exact) mass is 459 g/mol. The van der Waals surface area contributed by atoms with Gasteiger partial charge in [-0.15, -0.1) is 0 Å². The number of benzene rings is 2. The average molecular weight is 460 g/mol. The maximum Gasteiger partial charge on any atom is 0.341 e. The van der Waals surface area contributed by atoms with Crippen molar-refractivity contribution >= 4 is 11.5 Å². The fraction of sp³-hybridized carbons (Fsp3) is 0.391. The van der Waals surface area contributed by atoms with Crippen LogP contribution < -0.4 is 20.0 Å². The van der Waals surface area contributed by atoms with Crippen LogP contribution in [0.2, 0.25) is 0 Å². The number of rotatable bonds is 8. The van der Waals surface area contributed by atoms with E-state index in [2.05, 4.69) is 4.90 Å². The van der Waals surface area contributed by atoms with Crippen molar-refractivity contribution in [3.05, 3.63) is 79.1 Å². The minimum Gasteiger partial charge on any atom is -0.493 e. The number of aryl methyl sites for hydroxylation is 1. The van der Waals surface area contributed by atoms with Crippen molar-refractivity contribution in [3.63, 3.8) is 0 Å². The predicted octanol–water partition coefficient (Wildman–Crippen LogP) is 2.72. The molecule has 0 bridgehead atoms. The number of aromatic nitrogens is 2. The molecule has 0 fully saturated rings. The highest BCUT2D eigenvalue weighted by Crippen LogP contribution is 2.33. The molecular formula is C23H26FN3O4S. The normalized spacial score (nSPS) is 13.7. The highest BCUT2D eigenvalue weighted by atomic mass is 32.1. The lowest BCUT2D eigenvalue weighted by Crippen LogP contribution is -2.33. The van der Waals surface area contributed by atoms with Crippen LogP contribution in [0.15, 0.2) is 46.0 Å². The van der Waals surface area contributed by atoms with Gasteiger partial charge in [-0.3, -0.25) is 9.69 Å². The molecule has 0 atom stereocenters. The summed E-state index contributed by atoms with van der Waals surface area (Å²) in [6, 6.07) is 9.91. The zero-order valence-electron chi connectivity index (χ0n) is 18.2. The van der Waals surface area contributed by atoms with E-state index in [4.69, 9.17) is 9.47 Å². The number of hydrogen-bond donors (Lipinski definition) is 0. The number of methoxy groups -OCH3 is 2. The Bertz CT molecular complexity index is 1200. The molecule has 32 heavy (non-hydrogen) atoms. The average Bonchev–Trinajstić information content (AvgIpc) is 3.07. The van der Waals surface area contributed by atoms with Gasteiger partial charge in [0, 0.05) is 37.7 Å². The van der Waals surface area contributed by atoms with Gasteiger partial charge in [-0.25, -0.2) is 17.7 Å². The summed E-state index contributed by atoms with van der Waals surface area (Å²) >= 11 is 0.936. The Labute approximate surface area is 189 Å². The van der Waals surface area contributed by atoms with Crippen LogP contribution in [0.3, 0.4) is 0 Å². The second kappa shape index (κ2) is 9.70. The van der Waals surface area contributed by atoms with E-state index in [0.717, 1.165) is 61.1 Å². The lowest BCUT2D eigenvalue weighted by Gasteiger charge is -2.29. The summed E-state index contributed by atoms with van der Waals surface area (Å²) in [5.41, 5.74) is 2.90. The first-order valence-corrected chi connectivity index (χ1v) is 11.3. The van der Waals surface area contributed by atoms with Gasteiger partial charge in [-0.05, 0) is 53.8 Å². The van der Waals surface area contributed by atoms with Crippen molar-refractivity contribution in [1.82, 2.24) is 13.4 Å². The molecule has 9 heteroatoms. The molecule has 0 aliphatic carbocycles.